The Kier molecular flexibility index (Phi) is 6.69. The number of ether oxygens (including phenoxy) is 1. The van der Waals surface area contributed by atoms with Crippen molar-refractivity contribution >= 4 is 28.2 Å². The Labute approximate surface area is 123 Å². The summed E-state index contributed by atoms with van der Waals surface area (Å²) in [5.74, 6) is 0.0116. The Morgan fingerprint density at radius 3 is 2.75 bits per heavy atom. The molecule has 1 aromatic rings. The number of carbonyl (C=O) groups is 1. The van der Waals surface area contributed by atoms with Crippen LogP contribution in [0.1, 0.15) is 16.6 Å². The van der Waals surface area contributed by atoms with E-state index in [2.05, 4.69) is 4.98 Å². The summed E-state index contributed by atoms with van der Waals surface area (Å²) in [5, 5.41) is 9.76. The van der Waals surface area contributed by atoms with Gasteiger partial charge in [-0.3, -0.25) is 4.79 Å². The minimum atomic E-state index is -0.221. The molecule has 0 fully saturated rings. The number of nitrogens with zero attached hydrogens (tertiary/aromatic N) is 3. The van der Waals surface area contributed by atoms with Crippen molar-refractivity contribution in [2.75, 3.05) is 57.6 Å². The topological polar surface area (TPSA) is 91.9 Å². The molecule has 3 N–H and O–H groups in total. The minimum absolute atomic E-state index is 0.101. The quantitative estimate of drug-likeness (QED) is 0.716. The zero-order valence-electron chi connectivity index (χ0n) is 12.1. The zero-order chi connectivity index (χ0) is 15.1. The second-order valence-electron chi connectivity index (χ2n) is 4.23. The molecule has 20 heavy (non-hydrogen) atoms. The van der Waals surface area contributed by atoms with Crippen LogP contribution in [0.15, 0.2) is 0 Å². The molecule has 0 bridgehead atoms. The van der Waals surface area contributed by atoms with E-state index in [4.69, 9.17) is 15.6 Å². The number of anilines is 2. The van der Waals surface area contributed by atoms with Gasteiger partial charge in [0.2, 0.25) is 0 Å². The van der Waals surface area contributed by atoms with E-state index in [0.29, 0.717) is 23.2 Å². The van der Waals surface area contributed by atoms with Crippen LogP contribution in [0.5, 0.6) is 0 Å². The number of nitrogens with two attached hydrogens (primary N) is 1. The van der Waals surface area contributed by atoms with E-state index in [-0.39, 0.29) is 24.9 Å². The highest BCUT2D eigenvalue weighted by Crippen LogP contribution is 2.28. The number of carbonyl (C=O) groups excluding carboxylic acids is 1. The van der Waals surface area contributed by atoms with Crippen molar-refractivity contribution in [3.05, 3.63) is 4.88 Å². The lowest BCUT2D eigenvalue weighted by molar-refractivity contribution is 0.0662. The van der Waals surface area contributed by atoms with E-state index in [1.54, 1.807) is 7.11 Å². The van der Waals surface area contributed by atoms with Gasteiger partial charge in [-0.05, 0) is 6.92 Å². The highest BCUT2D eigenvalue weighted by Gasteiger charge is 2.22. The molecule has 8 heteroatoms. The Morgan fingerprint density at radius 2 is 2.20 bits per heavy atom. The fraction of sp³-hybridized carbons (Fsp3) is 0.667. The number of hydrogen-bond acceptors (Lipinski definition) is 7. The standard InChI is InChI=1S/C12H22N4O3S/c1-4-15(2)12-14-10(13)9(20-12)11(18)16(5-7-17)6-8-19-3/h17H,4-8,13H2,1-3H3. The summed E-state index contributed by atoms with van der Waals surface area (Å²) < 4.78 is 4.97. The lowest BCUT2D eigenvalue weighted by Crippen LogP contribution is -2.36. The van der Waals surface area contributed by atoms with Gasteiger partial charge in [0.05, 0.1) is 13.2 Å². The van der Waals surface area contributed by atoms with Crippen LogP contribution >= 0.6 is 11.3 Å². The zero-order valence-corrected chi connectivity index (χ0v) is 12.9. The third-order valence-electron chi connectivity index (χ3n) is 2.86. The summed E-state index contributed by atoms with van der Waals surface area (Å²) in [7, 11) is 3.46. The first kappa shape index (κ1) is 16.7. The maximum atomic E-state index is 12.4. The number of amides is 1. The van der Waals surface area contributed by atoms with Crippen molar-refractivity contribution in [2.24, 2.45) is 0 Å². The molecule has 0 unspecified atom stereocenters. The molecule has 0 aliphatic carbocycles. The van der Waals surface area contributed by atoms with Crippen LogP contribution in [-0.4, -0.2) is 67.9 Å². The van der Waals surface area contributed by atoms with Gasteiger partial charge in [0.15, 0.2) is 5.13 Å². The molecule has 0 spiro atoms. The third kappa shape index (κ3) is 4.06. The molecule has 1 rings (SSSR count). The monoisotopic (exact) mass is 302 g/mol. The van der Waals surface area contributed by atoms with E-state index < -0.39 is 0 Å². The molecule has 0 aliphatic heterocycles. The highest BCUT2D eigenvalue weighted by atomic mass is 32.1. The minimum Gasteiger partial charge on any atom is -0.395 e. The van der Waals surface area contributed by atoms with E-state index >= 15 is 0 Å². The van der Waals surface area contributed by atoms with Crippen LogP contribution < -0.4 is 10.6 Å². The van der Waals surface area contributed by atoms with Gasteiger partial charge in [0.1, 0.15) is 10.7 Å². The molecule has 0 aliphatic rings. The van der Waals surface area contributed by atoms with Gasteiger partial charge in [-0.1, -0.05) is 11.3 Å². The van der Waals surface area contributed by atoms with Crippen molar-refractivity contribution in [1.82, 2.24) is 9.88 Å². The highest BCUT2D eigenvalue weighted by molar-refractivity contribution is 7.18. The summed E-state index contributed by atoms with van der Waals surface area (Å²) in [6, 6.07) is 0. The van der Waals surface area contributed by atoms with Gasteiger partial charge in [-0.15, -0.1) is 0 Å². The maximum Gasteiger partial charge on any atom is 0.268 e. The van der Waals surface area contributed by atoms with E-state index in [1.165, 1.54) is 16.2 Å². The molecular weight excluding hydrogens is 280 g/mol. The first-order chi connectivity index (χ1) is 9.54. The average Bonchev–Trinajstić information content (AvgIpc) is 2.83. The van der Waals surface area contributed by atoms with Crippen molar-refractivity contribution in [1.29, 1.82) is 0 Å². The summed E-state index contributed by atoms with van der Waals surface area (Å²) in [6.07, 6.45) is 0. The number of aliphatic hydroxyl groups is 1. The number of rotatable bonds is 8. The van der Waals surface area contributed by atoms with Crippen LogP contribution in [0, 0.1) is 0 Å². The summed E-state index contributed by atoms with van der Waals surface area (Å²) >= 11 is 1.26. The molecule has 1 heterocycles. The van der Waals surface area contributed by atoms with Gasteiger partial charge in [0, 0.05) is 33.8 Å². The number of nitrogen functional groups attached to an aromatic ring is 1. The van der Waals surface area contributed by atoms with E-state index in [1.807, 2.05) is 18.9 Å². The Balaban J connectivity index is 2.90. The number of aliphatic hydroxyl groups excluding tert-OH is 1. The molecule has 114 valence electrons. The first-order valence-corrected chi connectivity index (χ1v) is 7.23. The Morgan fingerprint density at radius 1 is 1.50 bits per heavy atom. The number of thiazole rings is 1. The van der Waals surface area contributed by atoms with Crippen LogP contribution in [0.4, 0.5) is 10.9 Å². The summed E-state index contributed by atoms with van der Waals surface area (Å²) in [5.41, 5.74) is 5.83. The van der Waals surface area contributed by atoms with E-state index in [9.17, 15) is 4.79 Å². The summed E-state index contributed by atoms with van der Waals surface area (Å²) in [4.78, 5) is 20.5. The van der Waals surface area contributed by atoms with Crippen molar-refractivity contribution in [3.8, 4) is 0 Å². The molecule has 0 saturated carbocycles. The van der Waals surface area contributed by atoms with Gasteiger partial charge in [0.25, 0.3) is 5.91 Å². The van der Waals surface area contributed by atoms with Gasteiger partial charge in [-0.25, -0.2) is 4.98 Å². The fourth-order valence-electron chi connectivity index (χ4n) is 1.55. The normalized spacial score (nSPS) is 10.6. The predicted octanol–water partition coefficient (Wildman–Crippen LogP) is 0.262. The van der Waals surface area contributed by atoms with Gasteiger partial charge in [-0.2, -0.15) is 0 Å². The van der Waals surface area contributed by atoms with Crippen molar-refractivity contribution in [2.45, 2.75) is 6.92 Å². The fourth-order valence-corrected chi connectivity index (χ4v) is 2.53. The second kappa shape index (κ2) is 8.03. The Hall–Kier alpha value is -1.38. The van der Waals surface area contributed by atoms with E-state index in [0.717, 1.165) is 6.54 Å². The second-order valence-corrected chi connectivity index (χ2v) is 5.21. The van der Waals surface area contributed by atoms with Crippen LogP contribution in [0.2, 0.25) is 0 Å². The lowest BCUT2D eigenvalue weighted by atomic mass is 10.4. The van der Waals surface area contributed by atoms with Crippen LogP contribution in [0.3, 0.4) is 0 Å². The van der Waals surface area contributed by atoms with Crippen molar-refractivity contribution < 1.29 is 14.6 Å². The molecule has 0 radical (unpaired) electrons. The molecule has 0 aromatic carbocycles. The molecular formula is C12H22N4O3S. The smallest absolute Gasteiger partial charge is 0.268 e. The van der Waals surface area contributed by atoms with Crippen molar-refractivity contribution in [3.63, 3.8) is 0 Å². The molecule has 1 aromatic heterocycles. The number of hydrogen-bond donors (Lipinski definition) is 2. The Bertz CT molecular complexity index is 438. The SMILES string of the molecule is CCN(C)c1nc(N)c(C(=O)N(CCO)CCOC)s1. The lowest BCUT2D eigenvalue weighted by Gasteiger charge is -2.20. The number of methoxy groups -OCH3 is 1. The molecule has 7 nitrogen and oxygen atoms in total. The number of aromatic nitrogens is 1. The molecule has 0 saturated heterocycles. The molecule has 0 atom stereocenters. The average molecular weight is 302 g/mol. The predicted molar refractivity (Wildman–Crippen MR) is 80.3 cm³/mol. The maximum absolute atomic E-state index is 12.4. The third-order valence-corrected chi connectivity index (χ3v) is 4.03. The van der Waals surface area contributed by atoms with Gasteiger partial charge >= 0.3 is 0 Å². The van der Waals surface area contributed by atoms with Crippen LogP contribution in [-0.2, 0) is 4.74 Å². The largest absolute Gasteiger partial charge is 0.395 e. The molecule has 1 amide bonds. The van der Waals surface area contributed by atoms with Gasteiger partial charge < -0.3 is 25.4 Å². The first-order valence-electron chi connectivity index (χ1n) is 6.41. The summed E-state index contributed by atoms with van der Waals surface area (Å²) in [6.45, 7) is 3.74. The van der Waals surface area contributed by atoms with Crippen LogP contribution in [0.25, 0.3) is 0 Å².